The van der Waals surface area contributed by atoms with Crippen molar-refractivity contribution in [1.29, 1.82) is 0 Å². The highest BCUT2D eigenvalue weighted by atomic mass is 16.4. The van der Waals surface area contributed by atoms with E-state index in [0.717, 1.165) is 0 Å². The van der Waals surface area contributed by atoms with Crippen LogP contribution >= 0.6 is 0 Å². The summed E-state index contributed by atoms with van der Waals surface area (Å²) in [6.07, 6.45) is 9.22. The number of fused-ring (bicyclic) bond motifs is 1. The molecule has 4 heteroatoms. The number of hydrogen-bond acceptors (Lipinski definition) is 2. The van der Waals surface area contributed by atoms with Crippen molar-refractivity contribution < 1.29 is 14.7 Å². The van der Waals surface area contributed by atoms with Crippen LogP contribution in [0.15, 0.2) is 47.1 Å². The van der Waals surface area contributed by atoms with Crippen molar-refractivity contribution in [3.05, 3.63) is 47.1 Å². The number of allylic oxidation sites excluding steroid dienone is 4. The van der Waals surface area contributed by atoms with Crippen molar-refractivity contribution in [2.24, 2.45) is 11.7 Å². The zero-order chi connectivity index (χ0) is 11.7. The van der Waals surface area contributed by atoms with Gasteiger partial charge in [-0.1, -0.05) is 24.3 Å². The number of carboxylic acid groups (broad SMARTS) is 1. The van der Waals surface area contributed by atoms with Gasteiger partial charge in [-0.2, -0.15) is 0 Å². The van der Waals surface area contributed by atoms with Crippen LogP contribution in [0, 0.1) is 5.92 Å². The molecule has 16 heavy (non-hydrogen) atoms. The van der Waals surface area contributed by atoms with Gasteiger partial charge in [0.1, 0.15) is 0 Å². The number of carbonyl (C=O) groups is 2. The van der Waals surface area contributed by atoms with Crippen molar-refractivity contribution in [2.75, 3.05) is 0 Å². The quantitative estimate of drug-likeness (QED) is 0.721. The smallest absolute Gasteiger partial charge is 0.336 e. The van der Waals surface area contributed by atoms with Crippen molar-refractivity contribution in [3.63, 3.8) is 0 Å². The summed E-state index contributed by atoms with van der Waals surface area (Å²) in [5, 5.41) is 9.06. The Balaban J connectivity index is 2.60. The Bertz CT molecular complexity index is 480. The minimum absolute atomic E-state index is 0.0522. The molecule has 2 aliphatic carbocycles. The summed E-state index contributed by atoms with van der Waals surface area (Å²) in [6, 6.07) is 0. The van der Waals surface area contributed by atoms with Crippen LogP contribution < -0.4 is 5.73 Å². The molecule has 0 bridgehead atoms. The Kier molecular flexibility index (Phi) is 2.48. The molecule has 0 spiro atoms. The minimum atomic E-state index is -1.03. The summed E-state index contributed by atoms with van der Waals surface area (Å²) in [7, 11) is 0. The van der Waals surface area contributed by atoms with E-state index in [9.17, 15) is 9.59 Å². The third-order valence-corrected chi connectivity index (χ3v) is 2.73. The lowest BCUT2D eigenvalue weighted by Crippen LogP contribution is -2.23. The van der Waals surface area contributed by atoms with E-state index in [0.29, 0.717) is 17.6 Å². The van der Waals surface area contributed by atoms with Crippen molar-refractivity contribution >= 4 is 11.9 Å². The van der Waals surface area contributed by atoms with E-state index >= 15 is 0 Å². The SMILES string of the molecule is NC(=O)C1=C2C(C(=O)O)=CC=CC2CC=C1. The number of rotatable bonds is 2. The largest absolute Gasteiger partial charge is 0.478 e. The molecule has 82 valence electrons. The third-order valence-electron chi connectivity index (χ3n) is 2.73. The van der Waals surface area contributed by atoms with E-state index in [2.05, 4.69) is 0 Å². The molecular formula is C12H11NO3. The second-order valence-corrected chi connectivity index (χ2v) is 3.71. The Labute approximate surface area is 92.4 Å². The van der Waals surface area contributed by atoms with Crippen LogP contribution in [0.4, 0.5) is 0 Å². The number of hydrogen-bond donors (Lipinski definition) is 2. The van der Waals surface area contributed by atoms with Crippen LogP contribution in [-0.4, -0.2) is 17.0 Å². The van der Waals surface area contributed by atoms with Crippen molar-refractivity contribution in [1.82, 2.24) is 0 Å². The van der Waals surface area contributed by atoms with E-state index in [4.69, 9.17) is 10.8 Å². The van der Waals surface area contributed by atoms with Crippen LogP contribution in [-0.2, 0) is 9.59 Å². The number of nitrogens with two attached hydrogens (primary N) is 1. The van der Waals surface area contributed by atoms with Crippen LogP contribution in [0.2, 0.25) is 0 Å². The lowest BCUT2D eigenvalue weighted by Gasteiger charge is -2.24. The molecule has 0 heterocycles. The van der Waals surface area contributed by atoms with Gasteiger partial charge < -0.3 is 10.8 Å². The third kappa shape index (κ3) is 1.58. The van der Waals surface area contributed by atoms with Gasteiger partial charge in [0.05, 0.1) is 5.57 Å². The van der Waals surface area contributed by atoms with Gasteiger partial charge in [-0.3, -0.25) is 4.79 Å². The van der Waals surface area contributed by atoms with Crippen LogP contribution in [0.5, 0.6) is 0 Å². The van der Waals surface area contributed by atoms with Gasteiger partial charge in [0, 0.05) is 11.5 Å². The molecule has 0 aromatic carbocycles. The maximum absolute atomic E-state index is 11.2. The molecule has 2 rings (SSSR count). The molecule has 0 aromatic heterocycles. The zero-order valence-electron chi connectivity index (χ0n) is 8.51. The molecule has 0 saturated heterocycles. The van der Waals surface area contributed by atoms with E-state index in [-0.39, 0.29) is 11.5 Å². The average molecular weight is 217 g/mol. The molecule has 1 unspecified atom stereocenters. The lowest BCUT2D eigenvalue weighted by molar-refractivity contribution is -0.132. The fourth-order valence-corrected chi connectivity index (χ4v) is 2.04. The first-order chi connectivity index (χ1) is 7.61. The highest BCUT2D eigenvalue weighted by Crippen LogP contribution is 2.34. The molecule has 0 fully saturated rings. The van der Waals surface area contributed by atoms with Crippen LogP contribution in [0.1, 0.15) is 6.42 Å². The maximum Gasteiger partial charge on any atom is 0.336 e. The van der Waals surface area contributed by atoms with Gasteiger partial charge in [0.25, 0.3) is 0 Å². The standard InChI is InChI=1S/C12H11NO3/c13-11(14)8-5-1-3-7-4-2-6-9(10(7)8)12(15)16/h1-2,4-7H,3H2,(H2,13,14)(H,15,16). The Hall–Kier alpha value is -2.10. The lowest BCUT2D eigenvalue weighted by atomic mass is 9.79. The molecule has 2 aliphatic rings. The normalized spacial score (nSPS) is 22.8. The molecule has 0 aliphatic heterocycles. The second kappa shape index (κ2) is 3.81. The topological polar surface area (TPSA) is 80.4 Å². The van der Waals surface area contributed by atoms with E-state index in [1.54, 1.807) is 12.2 Å². The Morgan fingerprint density at radius 3 is 2.81 bits per heavy atom. The highest BCUT2D eigenvalue weighted by molar-refractivity contribution is 6.02. The summed E-state index contributed by atoms with van der Waals surface area (Å²) in [4.78, 5) is 22.3. The fraction of sp³-hybridized carbons (Fsp3) is 0.167. The van der Waals surface area contributed by atoms with E-state index in [1.807, 2.05) is 12.2 Å². The number of primary amides is 1. The van der Waals surface area contributed by atoms with Crippen molar-refractivity contribution in [3.8, 4) is 0 Å². The first-order valence-corrected chi connectivity index (χ1v) is 4.94. The predicted molar refractivity (Wildman–Crippen MR) is 58.3 cm³/mol. The van der Waals surface area contributed by atoms with Gasteiger partial charge in [-0.25, -0.2) is 4.79 Å². The van der Waals surface area contributed by atoms with Crippen LogP contribution in [0.3, 0.4) is 0 Å². The molecule has 0 aromatic rings. The summed E-state index contributed by atoms with van der Waals surface area (Å²) >= 11 is 0. The molecule has 1 atom stereocenters. The predicted octanol–water partition coefficient (Wildman–Crippen LogP) is 0.925. The van der Waals surface area contributed by atoms with E-state index in [1.165, 1.54) is 6.08 Å². The van der Waals surface area contributed by atoms with Gasteiger partial charge in [-0.05, 0) is 18.1 Å². The first kappa shape index (κ1) is 10.4. The summed E-state index contributed by atoms with van der Waals surface area (Å²) in [6.45, 7) is 0. The summed E-state index contributed by atoms with van der Waals surface area (Å²) in [5.41, 5.74) is 6.23. The summed E-state index contributed by atoms with van der Waals surface area (Å²) < 4.78 is 0. The highest BCUT2D eigenvalue weighted by Gasteiger charge is 2.28. The van der Waals surface area contributed by atoms with Crippen LogP contribution in [0.25, 0.3) is 0 Å². The summed E-state index contributed by atoms with van der Waals surface area (Å²) in [5.74, 6) is -1.67. The van der Waals surface area contributed by atoms with Gasteiger partial charge in [0.2, 0.25) is 5.91 Å². The number of carboxylic acids is 1. The zero-order valence-corrected chi connectivity index (χ0v) is 8.51. The van der Waals surface area contributed by atoms with Gasteiger partial charge in [-0.15, -0.1) is 0 Å². The average Bonchev–Trinajstić information content (AvgIpc) is 2.27. The van der Waals surface area contributed by atoms with Gasteiger partial charge in [0.15, 0.2) is 0 Å². The first-order valence-electron chi connectivity index (χ1n) is 4.94. The molecule has 1 amide bonds. The molecule has 0 radical (unpaired) electrons. The molecule has 0 saturated carbocycles. The number of carbonyl (C=O) groups excluding carboxylic acids is 1. The second-order valence-electron chi connectivity index (χ2n) is 3.71. The molecule has 4 nitrogen and oxygen atoms in total. The van der Waals surface area contributed by atoms with E-state index < -0.39 is 11.9 Å². The Morgan fingerprint density at radius 2 is 2.19 bits per heavy atom. The van der Waals surface area contributed by atoms with Gasteiger partial charge >= 0.3 is 5.97 Å². The minimum Gasteiger partial charge on any atom is -0.478 e. The number of aliphatic carboxylic acids is 1. The maximum atomic E-state index is 11.2. The molecule has 3 N–H and O–H groups in total. The Morgan fingerprint density at radius 1 is 1.44 bits per heavy atom. The van der Waals surface area contributed by atoms with Crippen molar-refractivity contribution in [2.45, 2.75) is 6.42 Å². The molecular weight excluding hydrogens is 206 g/mol. The number of amides is 1. The fourth-order valence-electron chi connectivity index (χ4n) is 2.04. The monoisotopic (exact) mass is 217 g/mol.